The molecule has 0 spiro atoms. The number of hydrogen-bond donors (Lipinski definition) is 1. The molecule has 0 bridgehead atoms. The zero-order chi connectivity index (χ0) is 13.7. The molecule has 0 aromatic heterocycles. The zero-order valence-corrected chi connectivity index (χ0v) is 13.4. The fourth-order valence-corrected chi connectivity index (χ4v) is 1.75. The van der Waals surface area contributed by atoms with Crippen LogP contribution in [-0.4, -0.2) is 0 Å². The minimum Gasteiger partial charge on any atom is -0.151 e. The van der Waals surface area contributed by atoms with Gasteiger partial charge >= 0.3 is 0 Å². The summed E-state index contributed by atoms with van der Waals surface area (Å²) in [6.45, 7) is 14.7. The second-order valence-corrected chi connectivity index (χ2v) is 4.64. The van der Waals surface area contributed by atoms with Gasteiger partial charge in [0.1, 0.15) is 0 Å². The number of hydrogen-bond acceptors (Lipinski definition) is 1. The van der Waals surface area contributed by atoms with Crippen LogP contribution in [0, 0.1) is 5.92 Å². The van der Waals surface area contributed by atoms with Crippen LogP contribution in [0.15, 0.2) is 23.1 Å². The van der Waals surface area contributed by atoms with E-state index in [1.807, 2.05) is 19.3 Å². The number of thiol groups is 1. The Morgan fingerprint density at radius 3 is 1.88 bits per heavy atom. The third-order valence-electron chi connectivity index (χ3n) is 3.18. The fourth-order valence-electron chi connectivity index (χ4n) is 1.44. The van der Waals surface area contributed by atoms with Crippen LogP contribution in [-0.2, 0) is 0 Å². The largest absolute Gasteiger partial charge is 0.151 e. The Bertz CT molecular complexity index is 200. The summed E-state index contributed by atoms with van der Waals surface area (Å²) in [5.74, 6) is 0.935. The van der Waals surface area contributed by atoms with Gasteiger partial charge in [0.25, 0.3) is 0 Å². The van der Waals surface area contributed by atoms with Crippen LogP contribution >= 0.6 is 12.6 Å². The van der Waals surface area contributed by atoms with Crippen molar-refractivity contribution in [2.45, 2.75) is 73.1 Å². The molecule has 102 valence electrons. The van der Waals surface area contributed by atoms with Crippen LogP contribution in [0.2, 0.25) is 0 Å². The molecule has 1 rings (SSSR count). The molecule has 0 amide bonds. The minimum atomic E-state index is 0.935. The first-order valence-corrected chi connectivity index (χ1v) is 7.68. The molecule has 1 aliphatic carbocycles. The molecule has 1 heteroatoms. The molecular formula is C16H32S. The molecule has 1 aliphatic rings. The lowest BCUT2D eigenvalue weighted by Gasteiger charge is -2.15. The van der Waals surface area contributed by atoms with Gasteiger partial charge in [-0.2, -0.15) is 12.6 Å². The molecule has 0 aliphatic heterocycles. The Hall–Kier alpha value is -0.170. The lowest BCUT2D eigenvalue weighted by molar-refractivity contribution is 0.544. The number of allylic oxidation sites excluding steroid dienone is 2. The van der Waals surface area contributed by atoms with Gasteiger partial charge in [0.2, 0.25) is 0 Å². The molecule has 0 heterocycles. The third-order valence-corrected chi connectivity index (χ3v) is 3.49. The van der Waals surface area contributed by atoms with Crippen LogP contribution in [0.5, 0.6) is 0 Å². The van der Waals surface area contributed by atoms with Gasteiger partial charge < -0.3 is 0 Å². The van der Waals surface area contributed by atoms with Crippen molar-refractivity contribution >= 4 is 12.6 Å². The second-order valence-electron chi connectivity index (χ2n) is 4.39. The molecule has 0 atom stereocenters. The highest BCUT2D eigenvalue weighted by atomic mass is 32.1. The highest BCUT2D eigenvalue weighted by Crippen LogP contribution is 2.27. The lowest BCUT2D eigenvalue weighted by atomic mass is 9.92. The topological polar surface area (TPSA) is 0 Å². The van der Waals surface area contributed by atoms with E-state index in [0.717, 1.165) is 5.92 Å². The molecule has 17 heavy (non-hydrogen) atoms. The quantitative estimate of drug-likeness (QED) is 0.543. The Morgan fingerprint density at radius 2 is 1.65 bits per heavy atom. The van der Waals surface area contributed by atoms with Gasteiger partial charge in [-0.25, -0.2) is 0 Å². The maximum Gasteiger partial charge on any atom is -0.0271 e. The monoisotopic (exact) mass is 256 g/mol. The average molecular weight is 256 g/mol. The molecule has 0 nitrogen and oxygen atoms in total. The van der Waals surface area contributed by atoms with Crippen LogP contribution in [0.1, 0.15) is 73.1 Å². The van der Waals surface area contributed by atoms with Crippen LogP contribution in [0.4, 0.5) is 0 Å². The van der Waals surface area contributed by atoms with Crippen molar-refractivity contribution in [3.63, 3.8) is 0 Å². The summed E-state index contributed by atoms with van der Waals surface area (Å²) >= 11 is 4.10. The predicted molar refractivity (Wildman–Crippen MR) is 85.8 cm³/mol. The summed E-state index contributed by atoms with van der Waals surface area (Å²) in [5.41, 5.74) is 2.64. The van der Waals surface area contributed by atoms with E-state index in [9.17, 15) is 0 Å². The SMILES string of the molecule is C=C1CCCC/C1=C/S.CC.CCC(C)CC. The first-order chi connectivity index (χ1) is 8.15. The van der Waals surface area contributed by atoms with Gasteiger partial charge in [-0.15, -0.1) is 0 Å². The van der Waals surface area contributed by atoms with E-state index >= 15 is 0 Å². The fraction of sp³-hybridized carbons (Fsp3) is 0.750. The van der Waals surface area contributed by atoms with Gasteiger partial charge in [0.05, 0.1) is 0 Å². The highest BCUT2D eigenvalue weighted by molar-refractivity contribution is 7.83. The van der Waals surface area contributed by atoms with E-state index in [-0.39, 0.29) is 0 Å². The van der Waals surface area contributed by atoms with Crippen molar-refractivity contribution in [1.82, 2.24) is 0 Å². The zero-order valence-electron chi connectivity index (χ0n) is 12.6. The first kappa shape index (κ1) is 19.2. The molecule has 0 aromatic carbocycles. The second kappa shape index (κ2) is 13.9. The van der Waals surface area contributed by atoms with E-state index in [2.05, 4.69) is 40.0 Å². The predicted octanol–water partition coefficient (Wildman–Crippen LogP) is 6.40. The summed E-state index contributed by atoms with van der Waals surface area (Å²) in [6.07, 6.45) is 7.64. The summed E-state index contributed by atoms with van der Waals surface area (Å²) < 4.78 is 0. The smallest absolute Gasteiger partial charge is 0.0271 e. The van der Waals surface area contributed by atoms with Gasteiger partial charge in [0, 0.05) is 0 Å². The first-order valence-electron chi connectivity index (χ1n) is 7.17. The Balaban J connectivity index is 0. The normalized spacial score (nSPS) is 17.1. The minimum absolute atomic E-state index is 0.935. The van der Waals surface area contributed by atoms with Crippen LogP contribution < -0.4 is 0 Å². The molecular weight excluding hydrogens is 224 g/mol. The maximum absolute atomic E-state index is 4.10. The Kier molecular flexibility index (Phi) is 15.7. The molecule has 1 saturated carbocycles. The van der Waals surface area contributed by atoms with E-state index in [1.165, 1.54) is 49.7 Å². The van der Waals surface area contributed by atoms with Gasteiger partial charge in [-0.05, 0) is 42.6 Å². The highest BCUT2D eigenvalue weighted by Gasteiger charge is 2.07. The van der Waals surface area contributed by atoms with Crippen LogP contribution in [0.3, 0.4) is 0 Å². The standard InChI is InChI=1S/C8H12S.C6H14.C2H6/c1-7-4-2-3-5-8(7)6-9;1-4-6(3)5-2;1-2/h6,9H,1-5H2;6H,4-5H2,1-3H3;1-2H3/b8-6-;;. The van der Waals surface area contributed by atoms with E-state index in [1.54, 1.807) is 0 Å². The summed E-state index contributed by atoms with van der Waals surface area (Å²) in [7, 11) is 0. The van der Waals surface area contributed by atoms with E-state index in [0.29, 0.717) is 0 Å². The van der Waals surface area contributed by atoms with E-state index in [4.69, 9.17) is 0 Å². The van der Waals surface area contributed by atoms with Gasteiger partial charge in [-0.3, -0.25) is 0 Å². The Labute approximate surface area is 115 Å². The van der Waals surface area contributed by atoms with Crippen molar-refractivity contribution in [3.05, 3.63) is 23.1 Å². The molecule has 0 radical (unpaired) electrons. The summed E-state index contributed by atoms with van der Waals surface area (Å²) in [4.78, 5) is 0. The summed E-state index contributed by atoms with van der Waals surface area (Å²) in [5, 5.41) is 1.89. The third kappa shape index (κ3) is 10.7. The van der Waals surface area contributed by atoms with Crippen molar-refractivity contribution in [2.24, 2.45) is 5.92 Å². The molecule has 1 fully saturated rings. The molecule has 0 aromatic rings. The average Bonchev–Trinajstić information content (AvgIpc) is 2.41. The molecule has 0 saturated heterocycles. The van der Waals surface area contributed by atoms with Crippen molar-refractivity contribution in [3.8, 4) is 0 Å². The van der Waals surface area contributed by atoms with Crippen molar-refractivity contribution in [1.29, 1.82) is 0 Å². The Morgan fingerprint density at radius 1 is 1.18 bits per heavy atom. The van der Waals surface area contributed by atoms with Crippen LogP contribution in [0.25, 0.3) is 0 Å². The molecule has 0 N–H and O–H groups in total. The number of rotatable bonds is 2. The van der Waals surface area contributed by atoms with E-state index < -0.39 is 0 Å². The van der Waals surface area contributed by atoms with Crippen molar-refractivity contribution < 1.29 is 0 Å². The van der Waals surface area contributed by atoms with Gasteiger partial charge in [0.15, 0.2) is 0 Å². The molecule has 0 unspecified atom stereocenters. The summed E-state index contributed by atoms with van der Waals surface area (Å²) in [6, 6.07) is 0. The lowest BCUT2D eigenvalue weighted by Crippen LogP contribution is -1.95. The maximum atomic E-state index is 4.10. The van der Waals surface area contributed by atoms with Gasteiger partial charge in [-0.1, -0.05) is 59.6 Å². The van der Waals surface area contributed by atoms with Crippen molar-refractivity contribution in [2.75, 3.05) is 0 Å².